The molecule has 0 fully saturated rings. The zero-order chi connectivity index (χ0) is 19.0. The van der Waals surface area contributed by atoms with E-state index >= 15 is 0 Å². The maximum absolute atomic E-state index is 12.9. The molecule has 6 nitrogen and oxygen atoms in total. The normalized spacial score (nSPS) is 18.1. The van der Waals surface area contributed by atoms with Crippen molar-refractivity contribution in [1.82, 2.24) is 10.3 Å². The highest BCUT2D eigenvalue weighted by Gasteiger charge is 2.34. The summed E-state index contributed by atoms with van der Waals surface area (Å²) in [4.78, 5) is 17.8. The van der Waals surface area contributed by atoms with Gasteiger partial charge < -0.3 is 4.74 Å². The minimum atomic E-state index is -0.405. The summed E-state index contributed by atoms with van der Waals surface area (Å²) in [7, 11) is 1.66. The van der Waals surface area contributed by atoms with Crippen molar-refractivity contribution in [2.45, 2.75) is 20.0 Å². The third kappa shape index (κ3) is 3.08. The average Bonchev–Trinajstić information content (AvgIpc) is 2.67. The number of hydrazone groups is 1. The first-order valence-electron chi connectivity index (χ1n) is 8.76. The van der Waals surface area contributed by atoms with Crippen molar-refractivity contribution < 1.29 is 9.53 Å². The fourth-order valence-corrected chi connectivity index (χ4v) is 3.89. The van der Waals surface area contributed by atoms with Crippen LogP contribution < -0.4 is 20.6 Å². The molecule has 0 radical (unpaired) electrons. The number of thioether (sulfide) groups is 1. The first-order chi connectivity index (χ1) is 13.1. The van der Waals surface area contributed by atoms with E-state index in [1.165, 1.54) is 11.8 Å². The van der Waals surface area contributed by atoms with Crippen LogP contribution in [-0.2, 0) is 4.79 Å². The Morgan fingerprint density at radius 1 is 1.26 bits per heavy atom. The Kier molecular flexibility index (Phi) is 4.61. The molecule has 2 aromatic rings. The summed E-state index contributed by atoms with van der Waals surface area (Å²) in [6, 6.07) is 13.6. The maximum Gasteiger partial charge on any atom is 0.276 e. The lowest BCUT2D eigenvalue weighted by atomic mass is 10.1. The first-order valence-corrected chi connectivity index (χ1v) is 9.74. The van der Waals surface area contributed by atoms with Crippen LogP contribution in [0.3, 0.4) is 0 Å². The van der Waals surface area contributed by atoms with Gasteiger partial charge in [-0.25, -0.2) is 5.01 Å². The lowest BCUT2D eigenvalue weighted by molar-refractivity contribution is -0.116. The van der Waals surface area contributed by atoms with Crippen LogP contribution in [0.25, 0.3) is 5.70 Å². The molecule has 0 aliphatic carbocycles. The van der Waals surface area contributed by atoms with E-state index in [1.54, 1.807) is 12.1 Å². The van der Waals surface area contributed by atoms with Crippen LogP contribution >= 0.6 is 11.8 Å². The molecule has 4 rings (SSSR count). The van der Waals surface area contributed by atoms with Gasteiger partial charge in [0.15, 0.2) is 11.3 Å². The van der Waals surface area contributed by atoms with Gasteiger partial charge in [0.05, 0.1) is 12.5 Å². The maximum atomic E-state index is 12.9. The van der Waals surface area contributed by atoms with Crippen LogP contribution in [0.2, 0.25) is 0 Å². The Bertz CT molecular complexity index is 1060. The van der Waals surface area contributed by atoms with E-state index in [1.807, 2.05) is 56.3 Å². The lowest BCUT2D eigenvalue weighted by Gasteiger charge is -2.34. The Labute approximate surface area is 161 Å². The molecule has 27 heavy (non-hydrogen) atoms. The predicted octanol–water partition coefficient (Wildman–Crippen LogP) is 1.90. The van der Waals surface area contributed by atoms with E-state index < -0.39 is 6.17 Å². The van der Waals surface area contributed by atoms with E-state index in [9.17, 15) is 4.79 Å². The molecule has 1 atom stereocenters. The second kappa shape index (κ2) is 7.08. The summed E-state index contributed by atoms with van der Waals surface area (Å²) in [6.45, 7) is 4.02. The van der Waals surface area contributed by atoms with Gasteiger partial charge in [-0.15, -0.1) is 5.10 Å². The zero-order valence-electron chi connectivity index (χ0n) is 15.4. The van der Waals surface area contributed by atoms with Gasteiger partial charge in [0.1, 0.15) is 11.4 Å². The molecule has 138 valence electrons. The highest BCUT2D eigenvalue weighted by molar-refractivity contribution is 8.13. The second-order valence-electron chi connectivity index (χ2n) is 6.23. The lowest BCUT2D eigenvalue weighted by Crippen LogP contribution is -2.50. The minimum Gasteiger partial charge on any atom is -0.496 e. The fourth-order valence-electron chi connectivity index (χ4n) is 3.31. The highest BCUT2D eigenvalue weighted by Crippen LogP contribution is 2.32. The SMILES string of the molecule is CCSC1=NN2C(=c3ccccc3=NC2c2ccc(OC)c(C)c2)C(=O)N1. The second-order valence-corrected chi connectivity index (χ2v) is 7.49. The molecule has 0 saturated carbocycles. The van der Waals surface area contributed by atoms with Gasteiger partial charge >= 0.3 is 0 Å². The summed E-state index contributed by atoms with van der Waals surface area (Å²) in [5.41, 5.74) is 2.50. The number of fused-ring (bicyclic) bond motifs is 2. The Balaban J connectivity index is 1.92. The summed E-state index contributed by atoms with van der Waals surface area (Å²) < 4.78 is 5.37. The quantitative estimate of drug-likeness (QED) is 0.883. The number of nitrogens with zero attached hydrogens (tertiary/aromatic N) is 3. The molecular weight excluding hydrogens is 360 g/mol. The number of ether oxygens (including phenoxy) is 1. The first kappa shape index (κ1) is 17.6. The van der Waals surface area contributed by atoms with E-state index in [2.05, 4.69) is 5.32 Å². The number of rotatable bonds is 3. The largest absolute Gasteiger partial charge is 0.496 e. The molecule has 2 heterocycles. The molecule has 0 bridgehead atoms. The zero-order valence-corrected chi connectivity index (χ0v) is 16.2. The van der Waals surface area contributed by atoms with E-state index in [-0.39, 0.29) is 5.91 Å². The smallest absolute Gasteiger partial charge is 0.276 e. The molecule has 0 aromatic heterocycles. The number of benzene rings is 2. The Hall–Kier alpha value is -2.80. The minimum absolute atomic E-state index is 0.154. The molecule has 1 amide bonds. The van der Waals surface area contributed by atoms with E-state index in [0.29, 0.717) is 10.9 Å². The summed E-state index contributed by atoms with van der Waals surface area (Å²) in [5.74, 6) is 1.49. The number of hydrogen-bond donors (Lipinski definition) is 1. The van der Waals surface area contributed by atoms with E-state index in [0.717, 1.165) is 33.2 Å². The molecule has 0 spiro atoms. The van der Waals surface area contributed by atoms with Gasteiger partial charge in [0, 0.05) is 5.22 Å². The van der Waals surface area contributed by atoms with Crippen molar-refractivity contribution in [2.75, 3.05) is 12.9 Å². The van der Waals surface area contributed by atoms with Crippen LogP contribution in [0.5, 0.6) is 5.75 Å². The topological polar surface area (TPSA) is 66.3 Å². The molecule has 2 aliphatic rings. The van der Waals surface area contributed by atoms with Gasteiger partial charge in [-0.3, -0.25) is 15.1 Å². The van der Waals surface area contributed by atoms with Crippen LogP contribution in [0.1, 0.15) is 24.2 Å². The number of carbonyl (C=O) groups excluding carboxylic acids is 1. The molecule has 0 saturated heterocycles. The van der Waals surface area contributed by atoms with Gasteiger partial charge in [0.25, 0.3) is 5.91 Å². The number of aryl methyl sites for hydroxylation is 1. The number of carbonyl (C=O) groups is 1. The van der Waals surface area contributed by atoms with Gasteiger partial charge in [-0.05, 0) is 42.0 Å². The van der Waals surface area contributed by atoms with Gasteiger partial charge in [0.2, 0.25) is 0 Å². The number of nitrogens with one attached hydrogen (secondary N) is 1. The van der Waals surface area contributed by atoms with Gasteiger partial charge in [-0.2, -0.15) is 0 Å². The number of methoxy groups -OCH3 is 1. The Morgan fingerprint density at radius 2 is 2.07 bits per heavy atom. The molecule has 2 aromatic carbocycles. The molecule has 7 heteroatoms. The summed E-state index contributed by atoms with van der Waals surface area (Å²) in [6.07, 6.45) is -0.405. The molecule has 2 aliphatic heterocycles. The summed E-state index contributed by atoms with van der Waals surface area (Å²) in [5, 5.41) is 11.5. The average molecular weight is 380 g/mol. The Morgan fingerprint density at radius 3 is 2.81 bits per heavy atom. The number of amidine groups is 1. The number of para-hydroxylation sites is 1. The molecule has 1 unspecified atom stereocenters. The third-order valence-electron chi connectivity index (χ3n) is 4.51. The van der Waals surface area contributed by atoms with E-state index in [4.69, 9.17) is 14.8 Å². The highest BCUT2D eigenvalue weighted by atomic mass is 32.2. The van der Waals surface area contributed by atoms with Crippen LogP contribution in [0, 0.1) is 6.92 Å². The number of amides is 1. The van der Waals surface area contributed by atoms with Crippen molar-refractivity contribution in [3.8, 4) is 5.75 Å². The van der Waals surface area contributed by atoms with Crippen molar-refractivity contribution in [3.05, 3.63) is 64.2 Å². The van der Waals surface area contributed by atoms with Crippen molar-refractivity contribution in [1.29, 1.82) is 0 Å². The predicted molar refractivity (Wildman–Crippen MR) is 107 cm³/mol. The summed E-state index contributed by atoms with van der Waals surface area (Å²) >= 11 is 1.50. The fraction of sp³-hybridized carbons (Fsp3) is 0.250. The van der Waals surface area contributed by atoms with Crippen molar-refractivity contribution in [2.24, 2.45) is 10.1 Å². The molecular formula is C20H20N4O2S. The van der Waals surface area contributed by atoms with Crippen LogP contribution in [0.4, 0.5) is 0 Å². The van der Waals surface area contributed by atoms with Gasteiger partial charge in [-0.1, -0.05) is 43.0 Å². The molecule has 1 N–H and O–H groups in total. The monoisotopic (exact) mass is 380 g/mol. The third-order valence-corrected chi connectivity index (χ3v) is 5.26. The van der Waals surface area contributed by atoms with Crippen LogP contribution in [-0.4, -0.2) is 28.9 Å². The number of hydrogen-bond acceptors (Lipinski definition) is 6. The van der Waals surface area contributed by atoms with Crippen molar-refractivity contribution in [3.63, 3.8) is 0 Å². The van der Waals surface area contributed by atoms with Crippen LogP contribution in [0.15, 0.2) is 52.6 Å². The van der Waals surface area contributed by atoms with Crippen molar-refractivity contribution >= 4 is 28.5 Å². The standard InChI is InChI=1S/C20H20N4O2S/c1-4-27-20-22-19(25)17-14-7-5-6-8-15(14)21-18(24(17)23-20)13-9-10-16(26-3)12(2)11-13/h5-11,18H,4H2,1-3H3,(H,22,23,25).